The summed E-state index contributed by atoms with van der Waals surface area (Å²) in [6.45, 7) is 9.35. The van der Waals surface area contributed by atoms with Crippen LogP contribution in [0.5, 0.6) is 5.75 Å². The maximum absolute atomic E-state index is 14.8. The number of piperidine rings is 1. The van der Waals surface area contributed by atoms with Crippen LogP contribution in [0, 0.1) is 23.4 Å². The predicted octanol–water partition coefficient (Wildman–Crippen LogP) is 6.76. The van der Waals surface area contributed by atoms with Gasteiger partial charge in [0.15, 0.2) is 11.6 Å². The Labute approximate surface area is 309 Å². The van der Waals surface area contributed by atoms with Crippen LogP contribution in [-0.4, -0.2) is 63.0 Å². The summed E-state index contributed by atoms with van der Waals surface area (Å²) in [5.74, 6) is -2.25. The largest absolute Gasteiger partial charge is 0.484 e. The van der Waals surface area contributed by atoms with E-state index >= 15 is 0 Å². The minimum absolute atomic E-state index is 0.0206. The van der Waals surface area contributed by atoms with Crippen molar-refractivity contribution in [3.8, 4) is 5.75 Å². The SMILES string of the molecule is C=CC(=O)N1CC(C)(C)Oc2cc(N3CCC4(CC3)C[C@@H](CC(=O)N[C@H](Cc3ccc(F)c(F)c3)C3CCS(=O)(=O)CC3)c3ccc(F)cc34)ccc21. The van der Waals surface area contributed by atoms with E-state index in [-0.39, 0.29) is 59.2 Å². The number of halogens is 3. The molecule has 2 saturated heterocycles. The first-order valence-electron chi connectivity index (χ1n) is 18.4. The van der Waals surface area contributed by atoms with Gasteiger partial charge < -0.3 is 19.9 Å². The molecule has 53 heavy (non-hydrogen) atoms. The number of nitrogens with one attached hydrogen (secondary N) is 1. The molecule has 1 aliphatic carbocycles. The smallest absolute Gasteiger partial charge is 0.250 e. The van der Waals surface area contributed by atoms with E-state index in [0.717, 1.165) is 41.8 Å². The number of ether oxygens (including phenoxy) is 1. The zero-order valence-electron chi connectivity index (χ0n) is 30.2. The van der Waals surface area contributed by atoms with Crippen LogP contribution in [0.2, 0.25) is 0 Å². The van der Waals surface area contributed by atoms with Crippen LogP contribution in [0.25, 0.3) is 0 Å². The summed E-state index contributed by atoms with van der Waals surface area (Å²) in [7, 11) is -3.15. The number of benzene rings is 3. The molecule has 7 rings (SSSR count). The van der Waals surface area contributed by atoms with Gasteiger partial charge in [-0.25, -0.2) is 21.6 Å². The summed E-state index contributed by atoms with van der Waals surface area (Å²) in [5.41, 5.74) is 3.21. The second kappa shape index (κ2) is 14.2. The second-order valence-electron chi connectivity index (χ2n) is 15.9. The summed E-state index contributed by atoms with van der Waals surface area (Å²) >= 11 is 0. The molecule has 0 aromatic heterocycles. The number of anilines is 2. The zero-order valence-corrected chi connectivity index (χ0v) is 31.0. The fourth-order valence-electron chi connectivity index (χ4n) is 9.05. The molecule has 0 radical (unpaired) electrons. The number of sulfone groups is 1. The van der Waals surface area contributed by atoms with E-state index < -0.39 is 33.1 Å². The fourth-order valence-corrected chi connectivity index (χ4v) is 10.6. The minimum Gasteiger partial charge on any atom is -0.484 e. The lowest BCUT2D eigenvalue weighted by atomic mass is 9.73. The molecule has 282 valence electrons. The molecule has 2 amide bonds. The molecule has 0 unspecified atom stereocenters. The van der Waals surface area contributed by atoms with Crippen LogP contribution in [0.15, 0.2) is 67.3 Å². The van der Waals surface area contributed by atoms with Crippen molar-refractivity contribution in [3.05, 3.63) is 101 Å². The number of carbonyl (C=O) groups excluding carboxylic acids is 2. The van der Waals surface area contributed by atoms with E-state index in [0.29, 0.717) is 55.9 Å². The number of fused-ring (bicyclic) bond motifs is 3. The first kappa shape index (κ1) is 37.0. The van der Waals surface area contributed by atoms with Crippen molar-refractivity contribution in [1.82, 2.24) is 5.32 Å². The Morgan fingerprint density at radius 1 is 1.00 bits per heavy atom. The van der Waals surface area contributed by atoms with Gasteiger partial charge in [-0.1, -0.05) is 18.7 Å². The van der Waals surface area contributed by atoms with E-state index in [1.807, 2.05) is 32.0 Å². The van der Waals surface area contributed by atoms with Crippen LogP contribution in [0.1, 0.15) is 75.0 Å². The molecule has 0 saturated carbocycles. The van der Waals surface area contributed by atoms with Crippen LogP contribution < -0.4 is 19.9 Å². The van der Waals surface area contributed by atoms with Crippen molar-refractivity contribution in [1.29, 1.82) is 0 Å². The summed E-state index contributed by atoms with van der Waals surface area (Å²) in [4.78, 5) is 30.5. The molecule has 1 N–H and O–H groups in total. The van der Waals surface area contributed by atoms with Crippen molar-refractivity contribution >= 4 is 33.0 Å². The fraction of sp³-hybridized carbons (Fsp3) is 0.463. The van der Waals surface area contributed by atoms with E-state index in [9.17, 15) is 31.2 Å². The van der Waals surface area contributed by atoms with Gasteiger partial charge in [0.2, 0.25) is 5.91 Å². The molecular weight excluding hydrogens is 704 g/mol. The van der Waals surface area contributed by atoms with E-state index in [1.165, 1.54) is 18.2 Å². The average Bonchev–Trinajstić information content (AvgIpc) is 3.39. The molecule has 0 bridgehead atoms. The average molecular weight is 750 g/mol. The van der Waals surface area contributed by atoms with Crippen molar-refractivity contribution in [2.45, 2.75) is 81.8 Å². The molecule has 3 aliphatic heterocycles. The van der Waals surface area contributed by atoms with E-state index in [2.05, 4.69) is 16.8 Å². The van der Waals surface area contributed by atoms with Crippen LogP contribution >= 0.6 is 0 Å². The minimum atomic E-state index is -3.15. The Bertz CT molecular complexity index is 2030. The summed E-state index contributed by atoms with van der Waals surface area (Å²) in [6.07, 6.45) is 4.66. The van der Waals surface area contributed by atoms with E-state index in [4.69, 9.17) is 4.74 Å². The van der Waals surface area contributed by atoms with Crippen LogP contribution in [0.3, 0.4) is 0 Å². The highest BCUT2D eigenvalue weighted by atomic mass is 32.2. The monoisotopic (exact) mass is 749 g/mol. The molecule has 3 aromatic rings. The quantitative estimate of drug-likeness (QED) is 0.256. The summed E-state index contributed by atoms with van der Waals surface area (Å²) in [5, 5.41) is 3.16. The zero-order chi connectivity index (χ0) is 37.7. The van der Waals surface area contributed by atoms with E-state index in [1.54, 1.807) is 17.0 Å². The number of nitrogens with zero attached hydrogens (tertiary/aromatic N) is 2. The number of amides is 2. The predicted molar refractivity (Wildman–Crippen MR) is 199 cm³/mol. The topological polar surface area (TPSA) is 96.0 Å². The maximum atomic E-state index is 14.8. The van der Waals surface area contributed by atoms with Crippen LogP contribution in [0.4, 0.5) is 24.5 Å². The van der Waals surface area contributed by atoms with Gasteiger partial charge >= 0.3 is 0 Å². The third-order valence-corrected chi connectivity index (χ3v) is 13.5. The van der Waals surface area contributed by atoms with Gasteiger partial charge in [0.05, 0.1) is 23.7 Å². The number of hydrogen-bond donors (Lipinski definition) is 1. The van der Waals surface area contributed by atoms with Gasteiger partial charge in [-0.05, 0) is 129 Å². The molecule has 3 aromatic carbocycles. The van der Waals surface area contributed by atoms with Crippen molar-refractivity contribution in [2.75, 3.05) is 40.9 Å². The number of carbonyl (C=O) groups is 2. The lowest BCUT2D eigenvalue weighted by molar-refractivity contribution is -0.122. The molecule has 3 heterocycles. The Morgan fingerprint density at radius 3 is 2.43 bits per heavy atom. The van der Waals surface area contributed by atoms with Crippen molar-refractivity contribution in [2.24, 2.45) is 5.92 Å². The molecular formula is C41H46F3N3O5S. The van der Waals surface area contributed by atoms with Crippen molar-refractivity contribution in [3.63, 3.8) is 0 Å². The van der Waals surface area contributed by atoms with Crippen molar-refractivity contribution < 1.29 is 35.9 Å². The van der Waals surface area contributed by atoms with Gasteiger partial charge in [0.25, 0.3) is 5.91 Å². The van der Waals surface area contributed by atoms with Gasteiger partial charge in [0, 0.05) is 37.3 Å². The summed E-state index contributed by atoms with van der Waals surface area (Å²) < 4.78 is 73.3. The number of rotatable bonds is 8. The van der Waals surface area contributed by atoms with Gasteiger partial charge in [-0.3, -0.25) is 9.59 Å². The molecule has 2 atom stereocenters. The Hall–Kier alpha value is -4.32. The van der Waals surface area contributed by atoms with Gasteiger partial charge in [-0.15, -0.1) is 0 Å². The third-order valence-electron chi connectivity index (χ3n) is 11.7. The second-order valence-corrected chi connectivity index (χ2v) is 18.2. The summed E-state index contributed by atoms with van der Waals surface area (Å²) in [6, 6.07) is 14.0. The maximum Gasteiger partial charge on any atom is 0.250 e. The molecule has 8 nitrogen and oxygen atoms in total. The lowest BCUT2D eigenvalue weighted by Crippen LogP contribution is -2.49. The van der Waals surface area contributed by atoms with Crippen LogP contribution in [-0.2, 0) is 31.3 Å². The highest BCUT2D eigenvalue weighted by Crippen LogP contribution is 2.53. The highest BCUT2D eigenvalue weighted by Gasteiger charge is 2.46. The molecule has 1 spiro atoms. The Morgan fingerprint density at radius 2 is 1.74 bits per heavy atom. The first-order chi connectivity index (χ1) is 25.1. The van der Waals surface area contributed by atoms with Gasteiger partial charge in [0.1, 0.15) is 27.0 Å². The standard InChI is InChI=1S/C41H46F3N3O5S/c1-4-39(49)47-25-40(2,3)52-37-23-30(7-10-36(37)47)46-15-13-41(14-16-46)24-28(31-8-6-29(42)22-32(31)41)21-38(48)45-35(27-11-17-53(50,51)18-12-27)20-26-5-9-33(43)34(44)19-26/h4-10,19,22-23,27-28,35H,1,11-18,20-21,24-25H2,2-3H3,(H,45,48)/t28-,35-/m1/s1. The number of hydrogen-bond acceptors (Lipinski definition) is 6. The Balaban J connectivity index is 1.07. The van der Waals surface area contributed by atoms with Gasteiger partial charge in [-0.2, -0.15) is 0 Å². The highest BCUT2D eigenvalue weighted by molar-refractivity contribution is 7.91. The molecule has 4 aliphatic rings. The molecule has 12 heteroatoms. The first-order valence-corrected chi connectivity index (χ1v) is 20.2. The third kappa shape index (κ3) is 7.70. The lowest BCUT2D eigenvalue weighted by Gasteiger charge is -2.43. The molecule has 2 fully saturated rings. The normalized spacial score (nSPS) is 22.0. The Kier molecular flexibility index (Phi) is 9.88.